The van der Waals surface area contributed by atoms with Crippen molar-refractivity contribution in [2.75, 3.05) is 5.32 Å². The molecule has 0 atom stereocenters. The van der Waals surface area contributed by atoms with Gasteiger partial charge in [-0.25, -0.2) is 4.79 Å². The first-order chi connectivity index (χ1) is 9.00. The Hall–Kier alpha value is -2.14. The number of thiophene rings is 1. The molecule has 0 fully saturated rings. The molecule has 0 aliphatic carbocycles. The molecule has 0 bridgehead atoms. The number of carbonyl (C=O) groups excluding carboxylic acids is 1. The van der Waals surface area contributed by atoms with Crippen LogP contribution in [0.3, 0.4) is 0 Å². The maximum Gasteiger partial charge on any atom is 0.338 e. The maximum atomic E-state index is 12.0. The van der Waals surface area contributed by atoms with E-state index in [9.17, 15) is 14.7 Å². The minimum atomic E-state index is -1.02. The zero-order valence-electron chi connectivity index (χ0n) is 10.6. The Kier molecular flexibility index (Phi) is 3.66. The van der Waals surface area contributed by atoms with E-state index in [1.54, 1.807) is 31.2 Å². The first kappa shape index (κ1) is 13.3. The zero-order chi connectivity index (χ0) is 14.0. The fourth-order valence-corrected chi connectivity index (χ4v) is 2.78. The number of anilines is 1. The normalized spacial score (nSPS) is 10.2. The van der Waals surface area contributed by atoms with Crippen LogP contribution in [0, 0.1) is 13.8 Å². The van der Waals surface area contributed by atoms with Crippen LogP contribution in [-0.2, 0) is 0 Å². The highest BCUT2D eigenvalue weighted by atomic mass is 32.1. The minimum absolute atomic E-state index is 0.173. The molecule has 1 heterocycles. The summed E-state index contributed by atoms with van der Waals surface area (Å²) in [5, 5.41) is 12.3. The Morgan fingerprint density at radius 3 is 2.37 bits per heavy atom. The van der Waals surface area contributed by atoms with Crippen molar-refractivity contribution in [3.8, 4) is 0 Å². The molecule has 2 rings (SSSR count). The third kappa shape index (κ3) is 2.66. The predicted molar refractivity (Wildman–Crippen MR) is 75.1 cm³/mol. The summed E-state index contributed by atoms with van der Waals surface area (Å²) in [4.78, 5) is 24.1. The molecular formula is C14H13NO3S. The van der Waals surface area contributed by atoms with Crippen molar-refractivity contribution in [3.05, 3.63) is 51.9 Å². The number of carboxylic acid groups (broad SMARTS) is 1. The van der Waals surface area contributed by atoms with Crippen LogP contribution in [0.4, 0.5) is 5.00 Å². The second-order valence-corrected chi connectivity index (χ2v) is 5.34. The van der Waals surface area contributed by atoms with Crippen molar-refractivity contribution >= 4 is 28.2 Å². The van der Waals surface area contributed by atoms with Gasteiger partial charge in [0.1, 0.15) is 5.00 Å². The van der Waals surface area contributed by atoms with Crippen LogP contribution in [0.5, 0.6) is 0 Å². The van der Waals surface area contributed by atoms with Gasteiger partial charge in [-0.3, -0.25) is 4.79 Å². The summed E-state index contributed by atoms with van der Waals surface area (Å²) >= 11 is 1.28. The molecular weight excluding hydrogens is 262 g/mol. The van der Waals surface area contributed by atoms with E-state index in [0.29, 0.717) is 16.1 Å². The van der Waals surface area contributed by atoms with Crippen LogP contribution >= 0.6 is 11.3 Å². The Labute approximate surface area is 114 Å². The summed E-state index contributed by atoms with van der Waals surface area (Å²) in [5.41, 5.74) is 1.37. The second kappa shape index (κ2) is 5.24. The maximum absolute atomic E-state index is 12.0. The molecule has 4 nitrogen and oxygen atoms in total. The van der Waals surface area contributed by atoms with E-state index in [1.807, 2.05) is 13.0 Å². The highest BCUT2D eigenvalue weighted by Gasteiger charge is 2.20. The summed E-state index contributed by atoms with van der Waals surface area (Å²) in [7, 11) is 0. The van der Waals surface area contributed by atoms with Crippen LogP contribution in [-0.4, -0.2) is 17.0 Å². The van der Waals surface area contributed by atoms with Crippen molar-refractivity contribution in [2.24, 2.45) is 0 Å². The number of amides is 1. The lowest BCUT2D eigenvalue weighted by atomic mass is 10.1. The number of aromatic carboxylic acids is 1. The molecule has 0 spiro atoms. The molecule has 0 radical (unpaired) electrons. The first-order valence-corrected chi connectivity index (χ1v) is 6.52. The largest absolute Gasteiger partial charge is 0.478 e. The van der Waals surface area contributed by atoms with Crippen molar-refractivity contribution in [1.82, 2.24) is 0 Å². The SMILES string of the molecule is Cc1sc(NC(=O)c2ccccc2)c(C(=O)O)c1C. The lowest BCUT2D eigenvalue weighted by Gasteiger charge is -2.04. The lowest BCUT2D eigenvalue weighted by molar-refractivity contribution is 0.0697. The van der Waals surface area contributed by atoms with Crippen molar-refractivity contribution in [3.63, 3.8) is 0 Å². The number of carboxylic acids is 1. The Bertz CT molecular complexity index is 632. The summed E-state index contributed by atoms with van der Waals surface area (Å²) in [6.07, 6.45) is 0. The van der Waals surface area contributed by atoms with Crippen molar-refractivity contribution < 1.29 is 14.7 Å². The highest BCUT2D eigenvalue weighted by Crippen LogP contribution is 2.32. The summed E-state index contributed by atoms with van der Waals surface area (Å²) in [6, 6.07) is 8.71. The summed E-state index contributed by atoms with van der Waals surface area (Å²) < 4.78 is 0. The molecule has 2 N–H and O–H groups in total. The smallest absolute Gasteiger partial charge is 0.338 e. The average Bonchev–Trinajstić information content (AvgIpc) is 2.65. The van der Waals surface area contributed by atoms with Gasteiger partial charge in [0.2, 0.25) is 0 Å². The van der Waals surface area contributed by atoms with Gasteiger partial charge in [-0.1, -0.05) is 18.2 Å². The van der Waals surface area contributed by atoms with Gasteiger partial charge in [0, 0.05) is 10.4 Å². The van der Waals surface area contributed by atoms with Crippen LogP contribution in [0.15, 0.2) is 30.3 Å². The van der Waals surface area contributed by atoms with E-state index in [2.05, 4.69) is 5.32 Å². The van der Waals surface area contributed by atoms with Crippen LogP contribution < -0.4 is 5.32 Å². The molecule has 0 saturated carbocycles. The van der Waals surface area contributed by atoms with E-state index in [1.165, 1.54) is 11.3 Å². The monoisotopic (exact) mass is 275 g/mol. The van der Waals surface area contributed by atoms with E-state index in [-0.39, 0.29) is 11.5 Å². The van der Waals surface area contributed by atoms with E-state index < -0.39 is 5.97 Å². The van der Waals surface area contributed by atoms with E-state index in [4.69, 9.17) is 0 Å². The molecule has 0 aliphatic heterocycles. The molecule has 0 unspecified atom stereocenters. The quantitative estimate of drug-likeness (QED) is 0.903. The number of hydrogen-bond acceptors (Lipinski definition) is 3. The number of carbonyl (C=O) groups is 2. The van der Waals surface area contributed by atoms with Gasteiger partial charge in [0.25, 0.3) is 5.91 Å². The number of hydrogen-bond donors (Lipinski definition) is 2. The predicted octanol–water partition coefficient (Wildman–Crippen LogP) is 3.32. The highest BCUT2D eigenvalue weighted by molar-refractivity contribution is 7.16. The van der Waals surface area contributed by atoms with Gasteiger partial charge in [-0.2, -0.15) is 0 Å². The molecule has 0 saturated heterocycles. The molecule has 2 aromatic rings. The van der Waals surface area contributed by atoms with Crippen LogP contribution in [0.25, 0.3) is 0 Å². The van der Waals surface area contributed by atoms with Gasteiger partial charge < -0.3 is 10.4 Å². The van der Waals surface area contributed by atoms with Crippen molar-refractivity contribution in [2.45, 2.75) is 13.8 Å². The average molecular weight is 275 g/mol. The molecule has 5 heteroatoms. The van der Waals surface area contributed by atoms with Crippen LogP contribution in [0.2, 0.25) is 0 Å². The molecule has 1 aromatic heterocycles. The van der Waals surface area contributed by atoms with E-state index >= 15 is 0 Å². The second-order valence-electron chi connectivity index (χ2n) is 4.11. The molecule has 19 heavy (non-hydrogen) atoms. The number of aryl methyl sites for hydroxylation is 1. The molecule has 0 aliphatic rings. The lowest BCUT2D eigenvalue weighted by Crippen LogP contribution is -2.13. The number of rotatable bonds is 3. The third-order valence-corrected chi connectivity index (χ3v) is 3.98. The topological polar surface area (TPSA) is 66.4 Å². The summed E-state index contributed by atoms with van der Waals surface area (Å²) in [6.45, 7) is 3.58. The van der Waals surface area contributed by atoms with E-state index in [0.717, 1.165) is 4.88 Å². The molecule has 1 aromatic carbocycles. The fraction of sp³-hybridized carbons (Fsp3) is 0.143. The molecule has 1 amide bonds. The zero-order valence-corrected chi connectivity index (χ0v) is 11.4. The van der Waals surface area contributed by atoms with Crippen LogP contribution in [0.1, 0.15) is 31.2 Å². The fourth-order valence-electron chi connectivity index (χ4n) is 1.74. The Morgan fingerprint density at radius 1 is 1.16 bits per heavy atom. The van der Waals surface area contributed by atoms with Gasteiger partial charge >= 0.3 is 5.97 Å². The van der Waals surface area contributed by atoms with Gasteiger partial charge in [-0.05, 0) is 31.5 Å². The summed E-state index contributed by atoms with van der Waals surface area (Å²) in [5.74, 6) is -1.32. The standard InChI is InChI=1S/C14H13NO3S/c1-8-9(2)19-13(11(8)14(17)18)15-12(16)10-6-4-3-5-7-10/h3-7H,1-2H3,(H,15,16)(H,17,18). The van der Waals surface area contributed by atoms with Gasteiger partial charge in [0.05, 0.1) is 5.56 Å². The number of benzene rings is 1. The first-order valence-electron chi connectivity index (χ1n) is 5.70. The molecule has 98 valence electrons. The Morgan fingerprint density at radius 2 is 1.79 bits per heavy atom. The minimum Gasteiger partial charge on any atom is -0.478 e. The van der Waals surface area contributed by atoms with Gasteiger partial charge in [-0.15, -0.1) is 11.3 Å². The number of nitrogens with one attached hydrogen (secondary N) is 1. The third-order valence-electron chi connectivity index (χ3n) is 2.86. The van der Waals surface area contributed by atoms with Gasteiger partial charge in [0.15, 0.2) is 0 Å². The Balaban J connectivity index is 2.32. The van der Waals surface area contributed by atoms with Crippen molar-refractivity contribution in [1.29, 1.82) is 0 Å².